The van der Waals surface area contributed by atoms with Gasteiger partial charge in [-0.1, -0.05) is 43.5 Å². The van der Waals surface area contributed by atoms with Gasteiger partial charge in [-0.05, 0) is 18.6 Å². The third kappa shape index (κ3) is 3.62. The molecule has 5 nitrogen and oxygen atoms in total. The van der Waals surface area contributed by atoms with Gasteiger partial charge in [-0.3, -0.25) is 4.98 Å². The summed E-state index contributed by atoms with van der Waals surface area (Å²) in [6, 6.07) is 7.68. The fourth-order valence-corrected chi connectivity index (χ4v) is 2.21. The number of nitrogens with two attached hydrogens (primary N) is 1. The molecule has 2 rings (SSSR count). The van der Waals surface area contributed by atoms with E-state index in [9.17, 15) is 0 Å². The lowest BCUT2D eigenvalue weighted by atomic mass is 10.1. The highest BCUT2D eigenvalue weighted by molar-refractivity contribution is 6.04. The van der Waals surface area contributed by atoms with Gasteiger partial charge in [-0.25, -0.2) is 0 Å². The van der Waals surface area contributed by atoms with Gasteiger partial charge in [-0.2, -0.15) is 0 Å². The summed E-state index contributed by atoms with van der Waals surface area (Å²) in [6.45, 7) is 2.79. The molecule has 0 atom stereocenters. The highest BCUT2D eigenvalue weighted by Crippen LogP contribution is 2.28. The number of hydrogen-bond donors (Lipinski definition) is 2. The quantitative estimate of drug-likeness (QED) is 0.269. The first kappa shape index (κ1) is 15.1. The molecule has 1 aromatic heterocycles. The van der Waals surface area contributed by atoms with Crippen LogP contribution in [0.3, 0.4) is 0 Å². The molecule has 0 aliphatic carbocycles. The van der Waals surface area contributed by atoms with E-state index in [0.29, 0.717) is 17.9 Å². The molecule has 0 spiro atoms. The largest absolute Gasteiger partial charge is 0.492 e. The van der Waals surface area contributed by atoms with Crippen LogP contribution in [0.15, 0.2) is 35.6 Å². The van der Waals surface area contributed by atoms with E-state index in [0.717, 1.165) is 23.7 Å². The van der Waals surface area contributed by atoms with E-state index in [1.54, 1.807) is 6.20 Å². The van der Waals surface area contributed by atoms with Crippen molar-refractivity contribution in [3.05, 3.63) is 36.0 Å². The number of nitrogens with zero attached hydrogens (tertiary/aromatic N) is 2. The molecule has 2 aromatic rings. The van der Waals surface area contributed by atoms with E-state index in [2.05, 4.69) is 17.1 Å². The number of amidine groups is 1. The van der Waals surface area contributed by atoms with Crippen molar-refractivity contribution in [2.45, 2.75) is 32.6 Å². The van der Waals surface area contributed by atoms with E-state index in [1.165, 1.54) is 12.8 Å². The Labute approximate surface area is 124 Å². The van der Waals surface area contributed by atoms with Crippen molar-refractivity contribution in [3.63, 3.8) is 0 Å². The van der Waals surface area contributed by atoms with Gasteiger partial charge in [0, 0.05) is 11.6 Å². The number of pyridine rings is 1. The molecule has 0 aliphatic rings. The van der Waals surface area contributed by atoms with E-state index in [1.807, 2.05) is 24.3 Å². The molecule has 112 valence electrons. The number of benzene rings is 1. The lowest BCUT2D eigenvalue weighted by molar-refractivity contribution is 0.305. The molecule has 0 saturated carbocycles. The van der Waals surface area contributed by atoms with Gasteiger partial charge in [0.2, 0.25) is 0 Å². The van der Waals surface area contributed by atoms with Crippen LogP contribution in [0.5, 0.6) is 5.75 Å². The minimum atomic E-state index is 0.0109. The molecule has 3 N–H and O–H groups in total. The van der Waals surface area contributed by atoms with Gasteiger partial charge in [0.25, 0.3) is 0 Å². The monoisotopic (exact) mass is 287 g/mol. The Kier molecular flexibility index (Phi) is 5.37. The van der Waals surface area contributed by atoms with Gasteiger partial charge < -0.3 is 15.7 Å². The van der Waals surface area contributed by atoms with Crippen LogP contribution < -0.4 is 10.5 Å². The first-order valence-electron chi connectivity index (χ1n) is 7.26. The standard InChI is InChI=1S/C16H21N3O2/c1-2-3-4-7-10-21-15-12-8-5-6-9-14(12)18-11-13(15)16(17)19-20/h5-6,8-9,11,20H,2-4,7,10H2,1H3,(H2,17,19). The number of fused-ring (bicyclic) bond motifs is 1. The number of rotatable bonds is 7. The van der Waals surface area contributed by atoms with Crippen molar-refractivity contribution in [1.82, 2.24) is 4.98 Å². The Balaban J connectivity index is 2.28. The molecule has 21 heavy (non-hydrogen) atoms. The molecule has 0 bridgehead atoms. The fourth-order valence-electron chi connectivity index (χ4n) is 2.21. The van der Waals surface area contributed by atoms with E-state index < -0.39 is 0 Å². The Morgan fingerprint density at radius 1 is 1.29 bits per heavy atom. The van der Waals surface area contributed by atoms with Crippen LogP contribution in [0, 0.1) is 0 Å². The molecule has 0 amide bonds. The van der Waals surface area contributed by atoms with Gasteiger partial charge in [0.05, 0.1) is 17.7 Å². The van der Waals surface area contributed by atoms with Gasteiger partial charge in [0.1, 0.15) is 5.75 Å². The van der Waals surface area contributed by atoms with Crippen LogP contribution in [-0.2, 0) is 0 Å². The first-order chi connectivity index (χ1) is 10.3. The van der Waals surface area contributed by atoms with Crippen LogP contribution >= 0.6 is 0 Å². The smallest absolute Gasteiger partial charge is 0.175 e. The Bertz CT molecular complexity index is 626. The maximum Gasteiger partial charge on any atom is 0.175 e. The Hall–Kier alpha value is -2.30. The molecule has 1 aromatic carbocycles. The average Bonchev–Trinajstić information content (AvgIpc) is 2.53. The van der Waals surface area contributed by atoms with E-state index in [-0.39, 0.29) is 5.84 Å². The number of para-hydroxylation sites is 1. The number of ether oxygens (including phenoxy) is 1. The summed E-state index contributed by atoms with van der Waals surface area (Å²) < 4.78 is 5.91. The minimum absolute atomic E-state index is 0.0109. The molecule has 0 radical (unpaired) electrons. The highest BCUT2D eigenvalue weighted by Gasteiger charge is 2.13. The summed E-state index contributed by atoms with van der Waals surface area (Å²) in [5.74, 6) is 0.643. The molecular weight excluding hydrogens is 266 g/mol. The van der Waals surface area contributed by atoms with E-state index >= 15 is 0 Å². The molecule has 0 unspecified atom stereocenters. The van der Waals surface area contributed by atoms with Crippen molar-refractivity contribution < 1.29 is 9.94 Å². The third-order valence-corrected chi connectivity index (χ3v) is 3.35. The lowest BCUT2D eigenvalue weighted by Crippen LogP contribution is -2.16. The zero-order valence-corrected chi connectivity index (χ0v) is 12.2. The third-order valence-electron chi connectivity index (χ3n) is 3.35. The van der Waals surface area contributed by atoms with Crippen molar-refractivity contribution in [2.24, 2.45) is 10.9 Å². The first-order valence-corrected chi connectivity index (χ1v) is 7.26. The van der Waals surface area contributed by atoms with E-state index in [4.69, 9.17) is 15.7 Å². The number of unbranched alkanes of at least 4 members (excludes halogenated alkanes) is 3. The van der Waals surface area contributed by atoms with Crippen molar-refractivity contribution in [1.29, 1.82) is 0 Å². The fraction of sp³-hybridized carbons (Fsp3) is 0.375. The van der Waals surface area contributed by atoms with Crippen LogP contribution in [-0.4, -0.2) is 22.6 Å². The second-order valence-electron chi connectivity index (χ2n) is 4.91. The highest BCUT2D eigenvalue weighted by atomic mass is 16.5. The van der Waals surface area contributed by atoms with Crippen LogP contribution in [0.25, 0.3) is 10.9 Å². The Morgan fingerprint density at radius 3 is 2.86 bits per heavy atom. The molecule has 1 heterocycles. The zero-order chi connectivity index (χ0) is 15.1. The molecule has 0 fully saturated rings. The van der Waals surface area contributed by atoms with Gasteiger partial charge >= 0.3 is 0 Å². The SMILES string of the molecule is CCCCCCOc1c(/C(N)=N/O)cnc2ccccc12. The molecule has 0 saturated heterocycles. The summed E-state index contributed by atoms with van der Waals surface area (Å²) in [5, 5.41) is 12.8. The number of aromatic nitrogens is 1. The average molecular weight is 287 g/mol. The Morgan fingerprint density at radius 2 is 2.10 bits per heavy atom. The lowest BCUT2D eigenvalue weighted by Gasteiger charge is -2.13. The summed E-state index contributed by atoms with van der Waals surface area (Å²) >= 11 is 0. The van der Waals surface area contributed by atoms with Crippen LogP contribution in [0.4, 0.5) is 0 Å². The maximum absolute atomic E-state index is 8.91. The minimum Gasteiger partial charge on any atom is -0.492 e. The second kappa shape index (κ2) is 7.47. The number of oxime groups is 1. The van der Waals surface area contributed by atoms with Crippen LogP contribution in [0.2, 0.25) is 0 Å². The predicted molar refractivity (Wildman–Crippen MR) is 83.9 cm³/mol. The zero-order valence-electron chi connectivity index (χ0n) is 12.2. The topological polar surface area (TPSA) is 80.7 Å². The summed E-state index contributed by atoms with van der Waals surface area (Å²) in [5.41, 5.74) is 7.07. The maximum atomic E-state index is 8.91. The van der Waals surface area contributed by atoms with Gasteiger partial charge in [0.15, 0.2) is 5.84 Å². The predicted octanol–water partition coefficient (Wildman–Crippen LogP) is 3.29. The molecule has 5 heteroatoms. The summed E-state index contributed by atoms with van der Waals surface area (Å²) in [4.78, 5) is 4.32. The normalized spacial score (nSPS) is 11.8. The second-order valence-corrected chi connectivity index (χ2v) is 4.91. The van der Waals surface area contributed by atoms with Crippen LogP contribution in [0.1, 0.15) is 38.2 Å². The molecular formula is C16H21N3O2. The van der Waals surface area contributed by atoms with Gasteiger partial charge in [-0.15, -0.1) is 0 Å². The summed E-state index contributed by atoms with van der Waals surface area (Å²) in [6.07, 6.45) is 6.10. The van der Waals surface area contributed by atoms with Crippen molar-refractivity contribution >= 4 is 16.7 Å². The molecule has 0 aliphatic heterocycles. The summed E-state index contributed by atoms with van der Waals surface area (Å²) in [7, 11) is 0. The number of hydrogen-bond acceptors (Lipinski definition) is 4. The van der Waals surface area contributed by atoms with Crippen molar-refractivity contribution in [3.8, 4) is 5.75 Å². The van der Waals surface area contributed by atoms with Crippen molar-refractivity contribution in [2.75, 3.05) is 6.61 Å².